The second kappa shape index (κ2) is 9.99. The number of carbonyl (C=O) groups is 1. The van der Waals surface area contributed by atoms with Crippen molar-refractivity contribution in [1.82, 2.24) is 15.2 Å². The Balaban J connectivity index is 1.36. The van der Waals surface area contributed by atoms with E-state index < -0.39 is 0 Å². The molecule has 0 amide bonds. The number of thiocarbonyl (C=S) groups is 1. The fourth-order valence-electron chi connectivity index (χ4n) is 3.37. The number of piperidine rings is 1. The molecule has 0 radical (unpaired) electrons. The fraction of sp³-hybridized carbons (Fsp3) is 0.550. The molecule has 1 saturated heterocycles. The van der Waals surface area contributed by atoms with Gasteiger partial charge in [0, 0.05) is 32.0 Å². The zero-order chi connectivity index (χ0) is 19.1. The van der Waals surface area contributed by atoms with Crippen LogP contribution >= 0.6 is 23.6 Å². The van der Waals surface area contributed by atoms with E-state index in [-0.39, 0.29) is 5.97 Å². The third kappa shape index (κ3) is 5.62. The van der Waals surface area contributed by atoms with Crippen molar-refractivity contribution in [2.45, 2.75) is 44.4 Å². The Morgan fingerprint density at radius 3 is 2.81 bits per heavy atom. The van der Waals surface area contributed by atoms with Crippen LogP contribution in [0, 0.1) is 0 Å². The Hall–Kier alpha value is -1.73. The van der Waals surface area contributed by atoms with Gasteiger partial charge in [0.1, 0.15) is 0 Å². The predicted molar refractivity (Wildman–Crippen MR) is 114 cm³/mol. The highest BCUT2D eigenvalue weighted by molar-refractivity contribution is 7.80. The van der Waals surface area contributed by atoms with Gasteiger partial charge in [-0.05, 0) is 50.0 Å². The summed E-state index contributed by atoms with van der Waals surface area (Å²) in [4.78, 5) is 18.2. The molecule has 0 saturated carbocycles. The average molecular weight is 406 g/mol. The zero-order valence-corrected chi connectivity index (χ0v) is 17.4. The predicted octanol–water partition coefficient (Wildman–Crippen LogP) is 4.08. The summed E-state index contributed by atoms with van der Waals surface area (Å²) in [5.74, 6) is 0.411. The molecule has 146 valence electrons. The van der Waals surface area contributed by atoms with E-state index in [0.29, 0.717) is 12.3 Å². The fourth-order valence-corrected chi connectivity index (χ4v) is 4.80. The molecule has 0 aliphatic carbocycles. The second-order valence-corrected chi connectivity index (χ2v) is 8.35. The van der Waals surface area contributed by atoms with E-state index in [4.69, 9.17) is 17.2 Å². The van der Waals surface area contributed by atoms with E-state index in [2.05, 4.69) is 33.2 Å². The van der Waals surface area contributed by atoms with Gasteiger partial charge in [-0.3, -0.25) is 4.79 Å². The van der Waals surface area contributed by atoms with E-state index in [1.54, 1.807) is 0 Å². The highest BCUT2D eigenvalue weighted by Gasteiger charge is 2.24. The number of benzene rings is 1. The molecular formula is C20H27N3O2S2. The number of methoxy groups -OCH3 is 1. The van der Waals surface area contributed by atoms with Crippen molar-refractivity contribution in [2.75, 3.05) is 26.7 Å². The Labute approximate surface area is 170 Å². The van der Waals surface area contributed by atoms with Crippen LogP contribution in [0.1, 0.15) is 49.5 Å². The number of thiazole rings is 1. The molecule has 1 aliphatic heterocycles. The van der Waals surface area contributed by atoms with Crippen LogP contribution in [-0.2, 0) is 9.53 Å². The van der Waals surface area contributed by atoms with Gasteiger partial charge < -0.3 is 15.0 Å². The minimum Gasteiger partial charge on any atom is -0.469 e. The highest BCUT2D eigenvalue weighted by Crippen LogP contribution is 2.33. The maximum Gasteiger partial charge on any atom is 0.305 e. The quantitative estimate of drug-likeness (QED) is 0.425. The van der Waals surface area contributed by atoms with Gasteiger partial charge in [-0.1, -0.05) is 18.6 Å². The summed E-state index contributed by atoms with van der Waals surface area (Å²) in [6.07, 6.45) is 5.58. The Bertz CT molecular complexity index is 736. The summed E-state index contributed by atoms with van der Waals surface area (Å²) in [6.45, 7) is 2.82. The standard InChI is InChI=1S/C20H27N3O2S2/c1-25-18(24)9-3-2-6-12-21-20(26)23-13-10-15(11-14-23)19-22-16-7-4-5-8-17(16)27-19/h4-5,7-8,15H,2-3,6,9-14H2,1H3,(H,21,26). The van der Waals surface area contributed by atoms with E-state index in [9.17, 15) is 4.79 Å². The second-order valence-electron chi connectivity index (χ2n) is 6.90. The lowest BCUT2D eigenvalue weighted by Crippen LogP contribution is -2.44. The van der Waals surface area contributed by atoms with Crippen LogP contribution in [0.5, 0.6) is 0 Å². The van der Waals surface area contributed by atoms with Gasteiger partial charge in [0.05, 0.1) is 22.3 Å². The molecule has 27 heavy (non-hydrogen) atoms. The van der Waals surface area contributed by atoms with Crippen molar-refractivity contribution in [1.29, 1.82) is 0 Å². The molecule has 0 bridgehead atoms. The lowest BCUT2D eigenvalue weighted by Gasteiger charge is -2.33. The first-order valence-corrected chi connectivity index (χ1v) is 10.8. The van der Waals surface area contributed by atoms with Crippen LogP contribution in [0.3, 0.4) is 0 Å². The molecule has 2 heterocycles. The molecule has 1 N–H and O–H groups in total. The minimum absolute atomic E-state index is 0.130. The highest BCUT2D eigenvalue weighted by atomic mass is 32.1. The lowest BCUT2D eigenvalue weighted by atomic mass is 9.98. The van der Waals surface area contributed by atoms with Gasteiger partial charge in [-0.25, -0.2) is 4.98 Å². The number of likely N-dealkylation sites (tertiary alicyclic amines) is 1. The van der Waals surface area contributed by atoms with Crippen LogP contribution in [-0.4, -0.2) is 47.7 Å². The number of carbonyl (C=O) groups excluding carboxylic acids is 1. The molecule has 1 aromatic carbocycles. The van der Waals surface area contributed by atoms with Crippen LogP contribution in [0.25, 0.3) is 10.2 Å². The van der Waals surface area contributed by atoms with Crippen molar-refractivity contribution in [3.63, 3.8) is 0 Å². The van der Waals surface area contributed by atoms with Crippen LogP contribution < -0.4 is 5.32 Å². The number of esters is 1. The third-order valence-electron chi connectivity index (χ3n) is 5.00. The molecule has 1 aromatic heterocycles. The zero-order valence-electron chi connectivity index (χ0n) is 15.8. The Morgan fingerprint density at radius 1 is 1.30 bits per heavy atom. The number of nitrogens with zero attached hydrogens (tertiary/aromatic N) is 2. The molecule has 7 heteroatoms. The molecular weight excluding hydrogens is 378 g/mol. The lowest BCUT2D eigenvalue weighted by molar-refractivity contribution is -0.140. The summed E-state index contributed by atoms with van der Waals surface area (Å²) < 4.78 is 5.92. The van der Waals surface area contributed by atoms with Gasteiger partial charge >= 0.3 is 5.97 Å². The number of hydrogen-bond donors (Lipinski definition) is 1. The van der Waals surface area contributed by atoms with Gasteiger partial charge in [-0.15, -0.1) is 11.3 Å². The van der Waals surface area contributed by atoms with Crippen LogP contribution in [0.2, 0.25) is 0 Å². The minimum atomic E-state index is -0.130. The molecule has 0 atom stereocenters. The smallest absolute Gasteiger partial charge is 0.305 e. The molecule has 2 aromatic rings. The largest absolute Gasteiger partial charge is 0.469 e. The van der Waals surface area contributed by atoms with Crippen molar-refractivity contribution in [2.24, 2.45) is 0 Å². The number of nitrogens with one attached hydrogen (secondary N) is 1. The van der Waals surface area contributed by atoms with Gasteiger partial charge in [0.25, 0.3) is 0 Å². The van der Waals surface area contributed by atoms with Gasteiger partial charge in [-0.2, -0.15) is 0 Å². The van der Waals surface area contributed by atoms with E-state index in [1.165, 1.54) is 16.8 Å². The number of aromatic nitrogens is 1. The van der Waals surface area contributed by atoms with Gasteiger partial charge in [0.2, 0.25) is 0 Å². The normalized spacial score (nSPS) is 15.1. The molecule has 5 nitrogen and oxygen atoms in total. The van der Waals surface area contributed by atoms with Crippen LogP contribution in [0.4, 0.5) is 0 Å². The van der Waals surface area contributed by atoms with Crippen LogP contribution in [0.15, 0.2) is 24.3 Å². The summed E-state index contributed by atoms with van der Waals surface area (Å²) in [6, 6.07) is 8.37. The summed E-state index contributed by atoms with van der Waals surface area (Å²) in [7, 11) is 1.43. The van der Waals surface area contributed by atoms with Gasteiger partial charge in [0.15, 0.2) is 5.11 Å². The number of ether oxygens (including phenoxy) is 1. The number of rotatable bonds is 7. The number of unbranched alkanes of at least 4 members (excludes halogenated alkanes) is 2. The molecule has 3 rings (SSSR count). The van der Waals surface area contributed by atoms with Crippen molar-refractivity contribution in [3.05, 3.63) is 29.3 Å². The summed E-state index contributed by atoms with van der Waals surface area (Å²) in [5.41, 5.74) is 1.12. The number of para-hydroxylation sites is 1. The van der Waals surface area contributed by atoms with Crippen molar-refractivity contribution in [3.8, 4) is 0 Å². The first-order chi connectivity index (χ1) is 13.2. The molecule has 0 unspecified atom stereocenters. The Kier molecular flexibility index (Phi) is 7.41. The number of hydrogen-bond acceptors (Lipinski definition) is 5. The summed E-state index contributed by atoms with van der Waals surface area (Å²) in [5, 5.41) is 5.48. The van der Waals surface area contributed by atoms with Crippen molar-refractivity contribution >= 4 is 44.9 Å². The van der Waals surface area contributed by atoms with E-state index >= 15 is 0 Å². The monoisotopic (exact) mass is 405 g/mol. The maximum atomic E-state index is 11.1. The van der Waals surface area contributed by atoms with Crippen molar-refractivity contribution < 1.29 is 9.53 Å². The Morgan fingerprint density at radius 2 is 2.07 bits per heavy atom. The van der Waals surface area contributed by atoms with E-state index in [1.807, 2.05) is 17.4 Å². The molecule has 1 fully saturated rings. The first kappa shape index (κ1) is 20.0. The SMILES string of the molecule is COC(=O)CCCCCNC(=S)N1CCC(c2nc3ccccc3s2)CC1. The average Bonchev–Trinajstić information content (AvgIpc) is 3.14. The molecule has 1 aliphatic rings. The summed E-state index contributed by atoms with van der Waals surface area (Å²) >= 11 is 7.38. The third-order valence-corrected chi connectivity index (χ3v) is 6.60. The maximum absolute atomic E-state index is 11.1. The topological polar surface area (TPSA) is 54.5 Å². The number of fused-ring (bicyclic) bond motifs is 1. The molecule has 0 spiro atoms. The first-order valence-electron chi connectivity index (χ1n) is 9.62. The van der Waals surface area contributed by atoms with E-state index in [0.717, 1.165) is 62.4 Å².